The van der Waals surface area contributed by atoms with Crippen LogP contribution in [0.25, 0.3) is 0 Å². The summed E-state index contributed by atoms with van der Waals surface area (Å²) in [4.78, 5) is 0.278. The van der Waals surface area contributed by atoms with Crippen molar-refractivity contribution in [3.05, 3.63) is 12.2 Å². The molecule has 0 amide bonds. The Kier molecular flexibility index (Phi) is 6.58. The summed E-state index contributed by atoms with van der Waals surface area (Å²) in [7, 11) is 0. The van der Waals surface area contributed by atoms with E-state index in [0.29, 0.717) is 12.8 Å². The summed E-state index contributed by atoms with van der Waals surface area (Å²) in [5.41, 5.74) is 0. The van der Waals surface area contributed by atoms with Crippen LogP contribution in [0.4, 0.5) is 0 Å². The molecule has 0 radical (unpaired) electrons. The molecule has 2 N–H and O–H groups in total. The highest BCUT2D eigenvalue weighted by Gasteiger charge is 2.26. The number of hydrogen-bond acceptors (Lipinski definition) is 3. The Labute approximate surface area is 106 Å². The van der Waals surface area contributed by atoms with Gasteiger partial charge in [-0.05, 0) is 25.7 Å². The van der Waals surface area contributed by atoms with Crippen LogP contribution < -0.4 is 0 Å². The summed E-state index contributed by atoms with van der Waals surface area (Å²) >= 11 is 3.61. The van der Waals surface area contributed by atoms with Gasteiger partial charge in [-0.1, -0.05) is 35.0 Å². The zero-order valence-electron chi connectivity index (χ0n) is 9.68. The van der Waals surface area contributed by atoms with Crippen LogP contribution in [0, 0.1) is 0 Å². The average molecular weight is 293 g/mol. The van der Waals surface area contributed by atoms with Gasteiger partial charge in [0.25, 0.3) is 0 Å². The van der Waals surface area contributed by atoms with Crippen molar-refractivity contribution in [3.63, 3.8) is 0 Å². The molecule has 0 fully saturated rings. The van der Waals surface area contributed by atoms with Gasteiger partial charge in [-0.3, -0.25) is 0 Å². The largest absolute Gasteiger partial charge is 0.396 e. The summed E-state index contributed by atoms with van der Waals surface area (Å²) in [6.45, 7) is 2.12. The Morgan fingerprint density at radius 3 is 2.62 bits per heavy atom. The van der Waals surface area contributed by atoms with E-state index >= 15 is 0 Å². The van der Waals surface area contributed by atoms with Gasteiger partial charge in [0.2, 0.25) is 0 Å². The predicted octanol–water partition coefficient (Wildman–Crippen LogP) is 2.01. The van der Waals surface area contributed by atoms with Gasteiger partial charge >= 0.3 is 0 Å². The Bertz CT molecular complexity index is 220. The lowest BCUT2D eigenvalue weighted by Gasteiger charge is -2.28. The molecule has 16 heavy (non-hydrogen) atoms. The molecule has 0 bridgehead atoms. The first-order valence-electron chi connectivity index (χ1n) is 5.92. The van der Waals surface area contributed by atoms with E-state index in [1.807, 2.05) is 6.08 Å². The number of allylic oxidation sites excluding steroid dienone is 1. The van der Waals surface area contributed by atoms with Gasteiger partial charge in [0.1, 0.15) is 0 Å². The quantitative estimate of drug-likeness (QED) is 0.618. The fourth-order valence-electron chi connectivity index (χ4n) is 1.91. The normalized spacial score (nSPS) is 38.5. The molecule has 4 heteroatoms. The number of aliphatic hydroxyl groups excluding tert-OH is 2. The lowest BCUT2D eigenvalue weighted by molar-refractivity contribution is -0.0834. The second-order valence-electron chi connectivity index (χ2n) is 4.16. The van der Waals surface area contributed by atoms with E-state index in [4.69, 9.17) is 9.84 Å². The maximum absolute atomic E-state index is 9.93. The summed E-state index contributed by atoms with van der Waals surface area (Å²) in [6, 6.07) is 0. The van der Waals surface area contributed by atoms with Gasteiger partial charge in [0.15, 0.2) is 0 Å². The van der Waals surface area contributed by atoms with Crippen molar-refractivity contribution in [3.8, 4) is 0 Å². The molecular weight excluding hydrogens is 272 g/mol. The first kappa shape index (κ1) is 14.2. The zero-order valence-corrected chi connectivity index (χ0v) is 11.3. The number of ether oxygens (including phenoxy) is 1. The Morgan fingerprint density at radius 2 is 2.00 bits per heavy atom. The van der Waals surface area contributed by atoms with Crippen molar-refractivity contribution >= 4 is 15.9 Å². The highest BCUT2D eigenvalue weighted by Crippen LogP contribution is 2.23. The SMILES string of the molecule is CC[C@H]1O[C@@H](CCO)[C@@H](O)C/C=C\C[C@@H]1Br. The molecule has 1 heterocycles. The monoisotopic (exact) mass is 292 g/mol. The maximum Gasteiger partial charge on any atom is 0.0863 e. The van der Waals surface area contributed by atoms with Crippen molar-refractivity contribution in [1.82, 2.24) is 0 Å². The van der Waals surface area contributed by atoms with Crippen LogP contribution in [0.3, 0.4) is 0 Å². The number of halogens is 1. The van der Waals surface area contributed by atoms with Gasteiger partial charge in [0, 0.05) is 11.4 Å². The number of alkyl halides is 1. The molecular formula is C12H21BrO3. The van der Waals surface area contributed by atoms with Crippen LogP contribution in [0.1, 0.15) is 32.6 Å². The third-order valence-electron chi connectivity index (χ3n) is 2.90. The van der Waals surface area contributed by atoms with Gasteiger partial charge in [0.05, 0.1) is 18.3 Å². The number of aliphatic hydroxyl groups is 2. The minimum absolute atomic E-state index is 0.0504. The Balaban J connectivity index is 2.69. The van der Waals surface area contributed by atoms with E-state index in [-0.39, 0.29) is 23.6 Å². The van der Waals surface area contributed by atoms with Crippen molar-refractivity contribution in [2.45, 2.75) is 55.7 Å². The zero-order chi connectivity index (χ0) is 12.0. The van der Waals surface area contributed by atoms with E-state index in [2.05, 4.69) is 28.9 Å². The first-order valence-corrected chi connectivity index (χ1v) is 6.84. The molecule has 0 aromatic carbocycles. The van der Waals surface area contributed by atoms with Crippen LogP contribution in [-0.2, 0) is 4.74 Å². The van der Waals surface area contributed by atoms with E-state index in [0.717, 1.165) is 12.8 Å². The highest BCUT2D eigenvalue weighted by molar-refractivity contribution is 9.09. The molecule has 1 aliphatic heterocycles. The minimum atomic E-state index is -0.518. The molecule has 3 nitrogen and oxygen atoms in total. The molecule has 0 saturated heterocycles. The second kappa shape index (κ2) is 7.43. The van der Waals surface area contributed by atoms with Gasteiger partial charge in [-0.25, -0.2) is 0 Å². The minimum Gasteiger partial charge on any atom is -0.396 e. The summed E-state index contributed by atoms with van der Waals surface area (Å²) in [5, 5.41) is 18.9. The topological polar surface area (TPSA) is 49.7 Å². The van der Waals surface area contributed by atoms with Gasteiger partial charge < -0.3 is 14.9 Å². The van der Waals surface area contributed by atoms with Crippen LogP contribution in [-0.4, -0.2) is 40.0 Å². The molecule has 94 valence electrons. The van der Waals surface area contributed by atoms with Crippen LogP contribution in [0.15, 0.2) is 12.2 Å². The molecule has 1 aliphatic rings. The van der Waals surface area contributed by atoms with Crippen molar-refractivity contribution in [1.29, 1.82) is 0 Å². The maximum atomic E-state index is 9.93. The van der Waals surface area contributed by atoms with Gasteiger partial charge in [-0.2, -0.15) is 0 Å². The fraction of sp³-hybridized carbons (Fsp3) is 0.833. The lowest BCUT2D eigenvalue weighted by atomic mass is 10.1. The number of rotatable bonds is 3. The lowest BCUT2D eigenvalue weighted by Crippen LogP contribution is -2.36. The van der Waals surface area contributed by atoms with Crippen molar-refractivity contribution < 1.29 is 14.9 Å². The van der Waals surface area contributed by atoms with Gasteiger partial charge in [-0.15, -0.1) is 0 Å². The number of hydrogen-bond donors (Lipinski definition) is 2. The van der Waals surface area contributed by atoms with Crippen molar-refractivity contribution in [2.75, 3.05) is 6.61 Å². The second-order valence-corrected chi connectivity index (χ2v) is 5.34. The van der Waals surface area contributed by atoms with E-state index in [1.165, 1.54) is 0 Å². The smallest absolute Gasteiger partial charge is 0.0863 e. The van der Waals surface area contributed by atoms with Crippen LogP contribution >= 0.6 is 15.9 Å². The van der Waals surface area contributed by atoms with E-state index in [1.54, 1.807) is 0 Å². The Morgan fingerprint density at radius 1 is 1.31 bits per heavy atom. The molecule has 0 aromatic rings. The molecule has 0 aliphatic carbocycles. The summed E-state index contributed by atoms with van der Waals surface area (Å²) < 4.78 is 5.89. The molecule has 0 saturated carbocycles. The summed E-state index contributed by atoms with van der Waals surface area (Å²) in [5.74, 6) is 0. The highest BCUT2D eigenvalue weighted by atomic mass is 79.9. The van der Waals surface area contributed by atoms with Crippen LogP contribution in [0.2, 0.25) is 0 Å². The molecule has 4 atom stereocenters. The molecule has 0 aromatic heterocycles. The predicted molar refractivity (Wildman–Crippen MR) is 67.8 cm³/mol. The third kappa shape index (κ3) is 4.17. The third-order valence-corrected chi connectivity index (χ3v) is 3.87. The fourth-order valence-corrected chi connectivity index (χ4v) is 2.62. The summed E-state index contributed by atoms with van der Waals surface area (Å²) in [6.07, 6.45) is 6.28. The first-order chi connectivity index (χ1) is 7.69. The van der Waals surface area contributed by atoms with E-state index in [9.17, 15) is 5.11 Å². The van der Waals surface area contributed by atoms with Crippen LogP contribution in [0.5, 0.6) is 0 Å². The Hall–Kier alpha value is 0.100. The van der Waals surface area contributed by atoms with Crippen molar-refractivity contribution in [2.24, 2.45) is 0 Å². The molecule has 1 rings (SSSR count). The van der Waals surface area contributed by atoms with E-state index < -0.39 is 6.10 Å². The average Bonchev–Trinajstić information content (AvgIpc) is 2.34. The standard InChI is InChI=1S/C12H21BrO3/c1-2-11-9(13)5-3-4-6-10(15)12(16-11)7-8-14/h3-4,9-12,14-15H,2,5-8H2,1H3/b4-3-/t9-,10-,11+,12-/m0/s1. The molecule has 0 unspecified atom stereocenters. The molecule has 0 spiro atoms.